The number of nitrogens with one attached hydrogen (secondary N) is 2. The van der Waals surface area contributed by atoms with E-state index in [1.54, 1.807) is 0 Å². The standard InChI is InChI=1S/C13H19BrN2O2/c14-11-6-2-3-7-12(11)16-13(18)10-15-8-4-1-5-9-17/h2-3,6-7,15,17H,1,4-5,8-10H2,(H,16,18). The third-order valence-corrected chi connectivity index (χ3v) is 3.14. The van der Waals surface area contributed by atoms with E-state index in [1.807, 2.05) is 24.3 Å². The lowest BCUT2D eigenvalue weighted by Gasteiger charge is -2.08. The van der Waals surface area contributed by atoms with Crippen molar-refractivity contribution in [3.8, 4) is 0 Å². The maximum absolute atomic E-state index is 11.6. The van der Waals surface area contributed by atoms with Gasteiger partial charge < -0.3 is 15.7 Å². The van der Waals surface area contributed by atoms with Crippen molar-refractivity contribution < 1.29 is 9.90 Å². The van der Waals surface area contributed by atoms with Crippen LogP contribution in [-0.4, -0.2) is 30.7 Å². The second-order valence-electron chi connectivity index (χ2n) is 3.99. The monoisotopic (exact) mass is 314 g/mol. The van der Waals surface area contributed by atoms with Crippen LogP contribution in [0.2, 0.25) is 0 Å². The van der Waals surface area contributed by atoms with Gasteiger partial charge in [0.15, 0.2) is 0 Å². The molecule has 3 N–H and O–H groups in total. The zero-order valence-corrected chi connectivity index (χ0v) is 11.9. The number of hydrogen-bond acceptors (Lipinski definition) is 3. The number of unbranched alkanes of at least 4 members (excludes halogenated alkanes) is 2. The normalized spacial score (nSPS) is 10.3. The van der Waals surface area contributed by atoms with Gasteiger partial charge in [-0.3, -0.25) is 4.79 Å². The first-order chi connectivity index (χ1) is 8.74. The summed E-state index contributed by atoms with van der Waals surface area (Å²) in [5.41, 5.74) is 0.782. The van der Waals surface area contributed by atoms with Gasteiger partial charge in [-0.05, 0) is 53.9 Å². The maximum Gasteiger partial charge on any atom is 0.238 e. The summed E-state index contributed by atoms with van der Waals surface area (Å²) in [5.74, 6) is -0.0518. The molecule has 1 amide bonds. The number of carbonyl (C=O) groups excluding carboxylic acids is 1. The molecule has 0 heterocycles. The zero-order chi connectivity index (χ0) is 13.2. The van der Waals surface area contributed by atoms with Gasteiger partial charge in [-0.15, -0.1) is 0 Å². The van der Waals surface area contributed by atoms with Crippen LogP contribution in [0.25, 0.3) is 0 Å². The van der Waals surface area contributed by atoms with Gasteiger partial charge in [-0.1, -0.05) is 12.1 Å². The van der Waals surface area contributed by atoms with Crippen LogP contribution in [0.5, 0.6) is 0 Å². The Kier molecular flexibility index (Phi) is 7.64. The summed E-state index contributed by atoms with van der Waals surface area (Å²) in [6.45, 7) is 1.34. The first kappa shape index (κ1) is 15.1. The van der Waals surface area contributed by atoms with E-state index >= 15 is 0 Å². The molecule has 18 heavy (non-hydrogen) atoms. The van der Waals surface area contributed by atoms with E-state index < -0.39 is 0 Å². The Balaban J connectivity index is 2.16. The predicted molar refractivity (Wildman–Crippen MR) is 76.6 cm³/mol. The van der Waals surface area contributed by atoms with Crippen molar-refractivity contribution in [3.05, 3.63) is 28.7 Å². The number of anilines is 1. The first-order valence-electron chi connectivity index (χ1n) is 6.10. The van der Waals surface area contributed by atoms with E-state index in [0.29, 0.717) is 6.54 Å². The highest BCUT2D eigenvalue weighted by Crippen LogP contribution is 2.20. The third kappa shape index (κ3) is 6.14. The van der Waals surface area contributed by atoms with Crippen molar-refractivity contribution in [1.29, 1.82) is 0 Å². The van der Waals surface area contributed by atoms with Crippen molar-refractivity contribution >= 4 is 27.5 Å². The van der Waals surface area contributed by atoms with E-state index in [-0.39, 0.29) is 12.5 Å². The molecule has 0 bridgehead atoms. The number of benzene rings is 1. The number of carbonyl (C=O) groups is 1. The Labute approximate surface area is 116 Å². The molecule has 1 aromatic rings. The van der Waals surface area contributed by atoms with Crippen molar-refractivity contribution in [2.45, 2.75) is 19.3 Å². The van der Waals surface area contributed by atoms with Crippen molar-refractivity contribution in [1.82, 2.24) is 5.32 Å². The number of aliphatic hydroxyl groups is 1. The van der Waals surface area contributed by atoms with Gasteiger partial charge in [0.1, 0.15) is 0 Å². The molecule has 0 saturated heterocycles. The zero-order valence-electron chi connectivity index (χ0n) is 10.3. The molecule has 0 saturated carbocycles. The molecule has 0 radical (unpaired) electrons. The molecule has 0 aromatic heterocycles. The molecule has 0 atom stereocenters. The Morgan fingerprint density at radius 2 is 2.00 bits per heavy atom. The van der Waals surface area contributed by atoms with Gasteiger partial charge in [0, 0.05) is 11.1 Å². The summed E-state index contributed by atoms with van der Waals surface area (Å²) < 4.78 is 0.876. The number of para-hydroxylation sites is 1. The van der Waals surface area contributed by atoms with E-state index in [2.05, 4.69) is 26.6 Å². The average molecular weight is 315 g/mol. The molecule has 0 fully saturated rings. The SMILES string of the molecule is O=C(CNCCCCCO)Nc1ccccc1Br. The fourth-order valence-electron chi connectivity index (χ4n) is 1.50. The van der Waals surface area contributed by atoms with Crippen molar-refractivity contribution in [3.63, 3.8) is 0 Å². The Hall–Kier alpha value is -0.910. The highest BCUT2D eigenvalue weighted by Gasteiger charge is 2.03. The molecule has 1 rings (SSSR count). The quantitative estimate of drug-likeness (QED) is 0.644. The highest BCUT2D eigenvalue weighted by atomic mass is 79.9. The van der Waals surface area contributed by atoms with Crippen LogP contribution in [0.3, 0.4) is 0 Å². The van der Waals surface area contributed by atoms with E-state index in [1.165, 1.54) is 0 Å². The number of halogens is 1. The Bertz CT molecular complexity index is 372. The summed E-state index contributed by atoms with van der Waals surface area (Å²) in [7, 11) is 0. The summed E-state index contributed by atoms with van der Waals surface area (Å²) >= 11 is 3.38. The number of aliphatic hydroxyl groups excluding tert-OH is 1. The molecule has 1 aromatic carbocycles. The lowest BCUT2D eigenvalue weighted by atomic mass is 10.2. The Morgan fingerprint density at radius 1 is 1.22 bits per heavy atom. The third-order valence-electron chi connectivity index (χ3n) is 2.45. The van der Waals surface area contributed by atoms with Gasteiger partial charge in [0.25, 0.3) is 0 Å². The van der Waals surface area contributed by atoms with E-state index in [9.17, 15) is 4.79 Å². The van der Waals surface area contributed by atoms with Crippen LogP contribution < -0.4 is 10.6 Å². The van der Waals surface area contributed by atoms with Crippen molar-refractivity contribution in [2.24, 2.45) is 0 Å². The summed E-state index contributed by atoms with van der Waals surface area (Å²) in [5, 5.41) is 14.5. The molecule has 5 heteroatoms. The topological polar surface area (TPSA) is 61.4 Å². The molecule has 100 valence electrons. The molecule has 0 spiro atoms. The van der Waals surface area contributed by atoms with Gasteiger partial charge >= 0.3 is 0 Å². The first-order valence-corrected chi connectivity index (χ1v) is 6.89. The number of hydrogen-bond donors (Lipinski definition) is 3. The fourth-order valence-corrected chi connectivity index (χ4v) is 1.88. The number of amides is 1. The second-order valence-corrected chi connectivity index (χ2v) is 4.84. The van der Waals surface area contributed by atoms with Crippen LogP contribution in [0, 0.1) is 0 Å². The van der Waals surface area contributed by atoms with Gasteiger partial charge in [-0.2, -0.15) is 0 Å². The fraction of sp³-hybridized carbons (Fsp3) is 0.462. The summed E-state index contributed by atoms with van der Waals surface area (Å²) in [6.07, 6.45) is 2.78. The maximum atomic E-state index is 11.6. The van der Waals surface area contributed by atoms with Gasteiger partial charge in [0.2, 0.25) is 5.91 Å². The van der Waals surface area contributed by atoms with E-state index in [4.69, 9.17) is 5.11 Å². The molecule has 4 nitrogen and oxygen atoms in total. The smallest absolute Gasteiger partial charge is 0.238 e. The largest absolute Gasteiger partial charge is 0.396 e. The molecule has 0 aliphatic rings. The molecule has 0 aliphatic heterocycles. The predicted octanol–water partition coefficient (Wildman–Crippen LogP) is 2.14. The highest BCUT2D eigenvalue weighted by molar-refractivity contribution is 9.10. The second kappa shape index (κ2) is 9.08. The lowest BCUT2D eigenvalue weighted by molar-refractivity contribution is -0.115. The van der Waals surface area contributed by atoms with Crippen LogP contribution in [-0.2, 0) is 4.79 Å². The van der Waals surface area contributed by atoms with Crippen LogP contribution in [0.15, 0.2) is 28.7 Å². The molecular weight excluding hydrogens is 296 g/mol. The van der Waals surface area contributed by atoms with Crippen LogP contribution >= 0.6 is 15.9 Å². The van der Waals surface area contributed by atoms with Gasteiger partial charge in [-0.25, -0.2) is 0 Å². The molecule has 0 aliphatic carbocycles. The molecular formula is C13H19BrN2O2. The van der Waals surface area contributed by atoms with Crippen LogP contribution in [0.4, 0.5) is 5.69 Å². The minimum atomic E-state index is -0.0518. The van der Waals surface area contributed by atoms with Crippen LogP contribution in [0.1, 0.15) is 19.3 Å². The number of rotatable bonds is 8. The van der Waals surface area contributed by atoms with Crippen molar-refractivity contribution in [2.75, 3.05) is 25.0 Å². The summed E-state index contributed by atoms with van der Waals surface area (Å²) in [6, 6.07) is 7.52. The average Bonchev–Trinajstić information content (AvgIpc) is 2.36. The molecule has 0 unspecified atom stereocenters. The lowest BCUT2D eigenvalue weighted by Crippen LogP contribution is -2.28. The van der Waals surface area contributed by atoms with Gasteiger partial charge in [0.05, 0.1) is 12.2 Å². The summed E-state index contributed by atoms with van der Waals surface area (Å²) in [4.78, 5) is 11.6. The minimum Gasteiger partial charge on any atom is -0.396 e. The van der Waals surface area contributed by atoms with E-state index in [0.717, 1.165) is 36.0 Å². The Morgan fingerprint density at radius 3 is 2.72 bits per heavy atom. The minimum absolute atomic E-state index is 0.0518.